The van der Waals surface area contributed by atoms with Crippen LogP contribution in [0.25, 0.3) is 10.8 Å². The van der Waals surface area contributed by atoms with Crippen molar-refractivity contribution in [2.75, 3.05) is 39.3 Å². The predicted octanol–water partition coefficient (Wildman–Crippen LogP) is 3.40. The molecule has 2 aliphatic heterocycles. The van der Waals surface area contributed by atoms with Gasteiger partial charge in [-0.2, -0.15) is 0 Å². The molecular weight excluding hydrogens is 336 g/mol. The number of likely N-dealkylation sites (tertiary alicyclic amines) is 2. The highest BCUT2D eigenvalue weighted by atomic mass is 16.3. The van der Waals surface area contributed by atoms with E-state index in [0.717, 1.165) is 42.5 Å². The fourth-order valence-electron chi connectivity index (χ4n) is 4.67. The third kappa shape index (κ3) is 4.17. The van der Waals surface area contributed by atoms with Crippen LogP contribution in [0.1, 0.15) is 36.0 Å². The Hall–Kier alpha value is -1.91. The molecule has 4 rings (SSSR count). The molecule has 0 radical (unpaired) electrons. The lowest BCUT2D eigenvalue weighted by atomic mass is 9.96. The van der Waals surface area contributed by atoms with Crippen LogP contribution in [-0.2, 0) is 0 Å². The molecule has 0 bridgehead atoms. The highest BCUT2D eigenvalue weighted by Gasteiger charge is 2.36. The van der Waals surface area contributed by atoms with E-state index < -0.39 is 0 Å². The zero-order valence-corrected chi connectivity index (χ0v) is 16.0. The number of rotatable bonds is 4. The van der Waals surface area contributed by atoms with Crippen LogP contribution in [0.5, 0.6) is 0 Å². The summed E-state index contributed by atoms with van der Waals surface area (Å²) in [5, 5.41) is 12.1. The van der Waals surface area contributed by atoms with Crippen molar-refractivity contribution in [3.63, 3.8) is 0 Å². The maximum atomic E-state index is 13.1. The van der Waals surface area contributed by atoms with Crippen molar-refractivity contribution in [1.29, 1.82) is 0 Å². The molecular formula is C23H30N2O2. The molecule has 4 heteroatoms. The number of fused-ring (bicyclic) bond motifs is 1. The Morgan fingerprint density at radius 2 is 1.63 bits per heavy atom. The lowest BCUT2D eigenvalue weighted by Crippen LogP contribution is -2.35. The number of amides is 1. The van der Waals surface area contributed by atoms with Crippen molar-refractivity contribution in [3.8, 4) is 0 Å². The number of aliphatic hydroxyl groups excluding tert-OH is 1. The van der Waals surface area contributed by atoms with Crippen molar-refractivity contribution in [3.05, 3.63) is 48.0 Å². The van der Waals surface area contributed by atoms with Crippen LogP contribution in [0.3, 0.4) is 0 Å². The van der Waals surface area contributed by atoms with Gasteiger partial charge in [0.05, 0.1) is 0 Å². The van der Waals surface area contributed by atoms with Crippen molar-refractivity contribution in [2.24, 2.45) is 11.8 Å². The first-order valence-corrected chi connectivity index (χ1v) is 10.4. The zero-order chi connectivity index (χ0) is 18.6. The summed E-state index contributed by atoms with van der Waals surface area (Å²) in [6.45, 7) is 4.92. The number of carbonyl (C=O) groups is 1. The van der Waals surface area contributed by atoms with E-state index in [-0.39, 0.29) is 18.4 Å². The van der Waals surface area contributed by atoms with E-state index in [1.807, 2.05) is 35.2 Å². The summed E-state index contributed by atoms with van der Waals surface area (Å²) >= 11 is 0. The zero-order valence-electron chi connectivity index (χ0n) is 16.0. The van der Waals surface area contributed by atoms with Gasteiger partial charge in [0.15, 0.2) is 0 Å². The van der Waals surface area contributed by atoms with E-state index in [9.17, 15) is 9.90 Å². The Kier molecular flexibility index (Phi) is 5.74. The molecule has 0 spiro atoms. The Morgan fingerprint density at radius 1 is 0.926 bits per heavy atom. The minimum Gasteiger partial charge on any atom is -0.396 e. The average Bonchev–Trinajstić information content (AvgIpc) is 2.93. The molecule has 0 aromatic heterocycles. The standard InChI is InChI=1S/C23H30N2O2/c26-17-22-16-25(15-21(22)14-24-11-5-1-2-6-12-24)23(27)20-10-9-18-7-3-4-8-19(18)13-20/h3-4,7-10,13,21-22,26H,1-2,5-6,11-12,14-17H2/t21-,22-/m1/s1. The summed E-state index contributed by atoms with van der Waals surface area (Å²) < 4.78 is 0. The van der Waals surface area contributed by atoms with Gasteiger partial charge in [0.1, 0.15) is 0 Å². The van der Waals surface area contributed by atoms with Gasteiger partial charge in [-0.15, -0.1) is 0 Å². The van der Waals surface area contributed by atoms with E-state index in [2.05, 4.69) is 17.0 Å². The highest BCUT2D eigenvalue weighted by molar-refractivity contribution is 5.98. The summed E-state index contributed by atoms with van der Waals surface area (Å²) in [6, 6.07) is 14.1. The van der Waals surface area contributed by atoms with Crippen LogP contribution in [-0.4, -0.2) is 60.1 Å². The third-order valence-electron chi connectivity index (χ3n) is 6.29. The molecule has 2 aliphatic rings. The molecule has 1 N–H and O–H groups in total. The minimum atomic E-state index is 0.0950. The molecule has 2 atom stereocenters. The molecule has 2 saturated heterocycles. The highest BCUT2D eigenvalue weighted by Crippen LogP contribution is 2.27. The van der Waals surface area contributed by atoms with E-state index in [0.29, 0.717) is 12.5 Å². The topological polar surface area (TPSA) is 43.8 Å². The summed E-state index contributed by atoms with van der Waals surface area (Å²) in [7, 11) is 0. The monoisotopic (exact) mass is 366 g/mol. The second-order valence-corrected chi connectivity index (χ2v) is 8.19. The molecule has 2 fully saturated rings. The van der Waals surface area contributed by atoms with Crippen LogP contribution < -0.4 is 0 Å². The quantitative estimate of drug-likeness (QED) is 0.902. The fourth-order valence-corrected chi connectivity index (χ4v) is 4.67. The molecule has 0 saturated carbocycles. The summed E-state index contributed by atoms with van der Waals surface area (Å²) in [5.74, 6) is 0.660. The Morgan fingerprint density at radius 3 is 2.37 bits per heavy atom. The SMILES string of the molecule is O=C(c1ccc2ccccc2c1)N1C[C@@H](CN2CCCCCC2)[C@@H](CO)C1. The summed E-state index contributed by atoms with van der Waals surface area (Å²) in [6.07, 6.45) is 5.21. The van der Waals surface area contributed by atoms with Crippen molar-refractivity contribution in [1.82, 2.24) is 9.80 Å². The van der Waals surface area contributed by atoms with Gasteiger partial charge in [-0.25, -0.2) is 0 Å². The molecule has 0 unspecified atom stereocenters. The molecule has 0 aliphatic carbocycles. The first-order valence-electron chi connectivity index (χ1n) is 10.4. The predicted molar refractivity (Wildman–Crippen MR) is 109 cm³/mol. The van der Waals surface area contributed by atoms with Gasteiger partial charge >= 0.3 is 0 Å². The molecule has 2 heterocycles. The Labute approximate surface area is 161 Å². The van der Waals surface area contributed by atoms with Crippen molar-refractivity contribution < 1.29 is 9.90 Å². The van der Waals surface area contributed by atoms with Crippen LogP contribution in [0.2, 0.25) is 0 Å². The van der Waals surface area contributed by atoms with E-state index in [4.69, 9.17) is 0 Å². The number of nitrogens with zero attached hydrogens (tertiary/aromatic N) is 2. The lowest BCUT2D eigenvalue weighted by Gasteiger charge is -2.26. The van der Waals surface area contributed by atoms with Crippen molar-refractivity contribution in [2.45, 2.75) is 25.7 Å². The first kappa shape index (κ1) is 18.5. The smallest absolute Gasteiger partial charge is 0.253 e. The normalized spacial score (nSPS) is 24.3. The van der Waals surface area contributed by atoms with Crippen LogP contribution in [0, 0.1) is 11.8 Å². The first-order chi connectivity index (χ1) is 13.2. The molecule has 4 nitrogen and oxygen atoms in total. The van der Waals surface area contributed by atoms with Gasteiger partial charge < -0.3 is 14.9 Å². The van der Waals surface area contributed by atoms with Crippen LogP contribution in [0.4, 0.5) is 0 Å². The number of aliphatic hydroxyl groups is 1. The summed E-state index contributed by atoms with van der Waals surface area (Å²) in [5.41, 5.74) is 0.751. The molecule has 2 aromatic rings. The molecule has 27 heavy (non-hydrogen) atoms. The molecule has 1 amide bonds. The van der Waals surface area contributed by atoms with Crippen LogP contribution >= 0.6 is 0 Å². The van der Waals surface area contributed by atoms with Gasteiger partial charge in [-0.1, -0.05) is 43.2 Å². The Bertz CT molecular complexity index is 783. The van der Waals surface area contributed by atoms with Gasteiger partial charge in [-0.3, -0.25) is 4.79 Å². The number of benzene rings is 2. The fraction of sp³-hybridized carbons (Fsp3) is 0.522. The third-order valence-corrected chi connectivity index (χ3v) is 6.29. The Balaban J connectivity index is 1.45. The van der Waals surface area contributed by atoms with E-state index in [1.54, 1.807) is 0 Å². The number of carbonyl (C=O) groups excluding carboxylic acids is 1. The maximum Gasteiger partial charge on any atom is 0.253 e. The molecule has 144 valence electrons. The molecule has 2 aromatic carbocycles. The second kappa shape index (κ2) is 8.41. The van der Waals surface area contributed by atoms with Gasteiger partial charge in [-0.05, 0) is 54.8 Å². The van der Waals surface area contributed by atoms with Gasteiger partial charge in [0.2, 0.25) is 0 Å². The number of hydrogen-bond acceptors (Lipinski definition) is 3. The number of hydrogen-bond donors (Lipinski definition) is 1. The van der Waals surface area contributed by atoms with E-state index in [1.165, 1.54) is 25.7 Å². The van der Waals surface area contributed by atoms with Gasteiger partial charge in [0.25, 0.3) is 5.91 Å². The second-order valence-electron chi connectivity index (χ2n) is 8.19. The largest absolute Gasteiger partial charge is 0.396 e. The van der Waals surface area contributed by atoms with Gasteiger partial charge in [0, 0.05) is 37.7 Å². The lowest BCUT2D eigenvalue weighted by molar-refractivity contribution is 0.0779. The van der Waals surface area contributed by atoms with Crippen LogP contribution in [0.15, 0.2) is 42.5 Å². The van der Waals surface area contributed by atoms with Crippen molar-refractivity contribution >= 4 is 16.7 Å². The average molecular weight is 367 g/mol. The summed E-state index contributed by atoms with van der Waals surface area (Å²) in [4.78, 5) is 17.6. The minimum absolute atomic E-state index is 0.0950. The maximum absolute atomic E-state index is 13.1. The van der Waals surface area contributed by atoms with E-state index >= 15 is 0 Å².